The summed E-state index contributed by atoms with van der Waals surface area (Å²) in [6.07, 6.45) is 5.96. The van der Waals surface area contributed by atoms with Gasteiger partial charge in [-0.3, -0.25) is 9.89 Å². The molecule has 7 nitrogen and oxygen atoms in total. The minimum atomic E-state index is 0.0714. The van der Waals surface area contributed by atoms with Crippen LogP contribution >= 0.6 is 0 Å². The quantitative estimate of drug-likeness (QED) is 0.895. The van der Waals surface area contributed by atoms with E-state index in [0.29, 0.717) is 11.5 Å². The third-order valence-electron chi connectivity index (χ3n) is 5.83. The van der Waals surface area contributed by atoms with E-state index in [9.17, 15) is 4.79 Å². The fourth-order valence-corrected chi connectivity index (χ4v) is 4.08. The molecule has 0 bridgehead atoms. The second kappa shape index (κ2) is 6.96. The molecule has 4 heterocycles. The van der Waals surface area contributed by atoms with Crippen molar-refractivity contribution in [1.29, 1.82) is 0 Å². The summed E-state index contributed by atoms with van der Waals surface area (Å²) in [5, 5.41) is 7.75. The van der Waals surface area contributed by atoms with Gasteiger partial charge >= 0.3 is 0 Å². The second-order valence-corrected chi connectivity index (χ2v) is 7.64. The van der Waals surface area contributed by atoms with Crippen LogP contribution < -0.4 is 4.90 Å². The summed E-state index contributed by atoms with van der Waals surface area (Å²) in [7, 11) is 0. The highest BCUT2D eigenvalue weighted by Crippen LogP contribution is 2.41. The Bertz CT molecular complexity index is 821. The average Bonchev–Trinajstić information content (AvgIpc) is 3.53. The van der Waals surface area contributed by atoms with Crippen LogP contribution in [0.15, 0.2) is 18.3 Å². The number of pyridine rings is 1. The largest absolute Gasteiger partial charge is 0.378 e. The highest BCUT2D eigenvalue weighted by molar-refractivity contribution is 5.94. The van der Waals surface area contributed by atoms with Crippen LogP contribution in [-0.2, 0) is 17.6 Å². The van der Waals surface area contributed by atoms with Crippen LogP contribution in [-0.4, -0.2) is 65.4 Å². The minimum Gasteiger partial charge on any atom is -0.378 e. The molecule has 1 aliphatic carbocycles. The Hall–Kier alpha value is -2.41. The van der Waals surface area contributed by atoms with Gasteiger partial charge in [-0.25, -0.2) is 4.98 Å². The molecule has 0 spiro atoms. The number of fused-ring (bicyclic) bond motifs is 1. The summed E-state index contributed by atoms with van der Waals surface area (Å²) in [5.41, 5.74) is 4.48. The zero-order chi connectivity index (χ0) is 18.2. The van der Waals surface area contributed by atoms with E-state index in [1.54, 1.807) is 6.20 Å². The van der Waals surface area contributed by atoms with Crippen LogP contribution in [0, 0.1) is 0 Å². The third kappa shape index (κ3) is 3.32. The molecule has 2 aromatic heterocycles. The van der Waals surface area contributed by atoms with Gasteiger partial charge in [0.1, 0.15) is 5.82 Å². The molecule has 3 aliphatic rings. The Kier molecular flexibility index (Phi) is 4.32. The molecule has 27 heavy (non-hydrogen) atoms. The summed E-state index contributed by atoms with van der Waals surface area (Å²) in [5.74, 6) is 1.63. The molecule has 142 valence electrons. The lowest BCUT2D eigenvalue weighted by atomic mass is 10.1. The number of rotatable bonds is 3. The highest BCUT2D eigenvalue weighted by atomic mass is 16.5. The summed E-state index contributed by atoms with van der Waals surface area (Å²) < 4.78 is 5.38. The van der Waals surface area contributed by atoms with Crippen LogP contribution in [0.4, 0.5) is 5.82 Å². The van der Waals surface area contributed by atoms with Crippen LogP contribution in [0.25, 0.3) is 0 Å². The predicted molar refractivity (Wildman–Crippen MR) is 101 cm³/mol. The summed E-state index contributed by atoms with van der Waals surface area (Å²) in [4.78, 5) is 21.6. The molecule has 0 radical (unpaired) electrons. The molecule has 1 N–H and O–H groups in total. The van der Waals surface area contributed by atoms with Crippen LogP contribution in [0.3, 0.4) is 0 Å². The fraction of sp³-hybridized carbons (Fsp3) is 0.550. The van der Waals surface area contributed by atoms with Gasteiger partial charge in [0.05, 0.1) is 24.5 Å². The van der Waals surface area contributed by atoms with Crippen molar-refractivity contribution < 1.29 is 9.53 Å². The monoisotopic (exact) mass is 367 g/mol. The maximum absolute atomic E-state index is 13.0. The topological polar surface area (TPSA) is 74.4 Å². The van der Waals surface area contributed by atoms with Crippen molar-refractivity contribution in [2.24, 2.45) is 0 Å². The van der Waals surface area contributed by atoms with E-state index in [1.165, 1.54) is 29.8 Å². The zero-order valence-electron chi connectivity index (χ0n) is 15.5. The SMILES string of the molecule is O=C(c1ccc(N2CCOCC2)nc1)N1CCc2[nH]nc(C3CC3)c2CC1. The Morgan fingerprint density at radius 2 is 1.93 bits per heavy atom. The van der Waals surface area contributed by atoms with Crippen molar-refractivity contribution in [3.63, 3.8) is 0 Å². The number of ether oxygens (including phenoxy) is 1. The number of nitrogens with one attached hydrogen (secondary N) is 1. The van der Waals surface area contributed by atoms with E-state index in [1.807, 2.05) is 17.0 Å². The normalized spacial score (nSPS) is 20.3. The van der Waals surface area contributed by atoms with E-state index in [4.69, 9.17) is 4.74 Å². The Morgan fingerprint density at radius 1 is 1.11 bits per heavy atom. The third-order valence-corrected chi connectivity index (χ3v) is 5.83. The number of nitrogens with zero attached hydrogens (tertiary/aromatic N) is 4. The fourth-order valence-electron chi connectivity index (χ4n) is 4.08. The van der Waals surface area contributed by atoms with Crippen LogP contribution in [0.1, 0.15) is 46.1 Å². The van der Waals surface area contributed by atoms with Gasteiger partial charge in [0, 0.05) is 50.4 Å². The first-order valence-electron chi connectivity index (χ1n) is 9.93. The molecule has 0 aromatic carbocycles. The number of carbonyl (C=O) groups is 1. The summed E-state index contributed by atoms with van der Waals surface area (Å²) >= 11 is 0. The van der Waals surface area contributed by atoms with Crippen molar-refractivity contribution in [1.82, 2.24) is 20.1 Å². The van der Waals surface area contributed by atoms with E-state index in [2.05, 4.69) is 20.1 Å². The van der Waals surface area contributed by atoms with Gasteiger partial charge in [-0.2, -0.15) is 5.10 Å². The molecule has 7 heteroatoms. The number of hydrogen-bond acceptors (Lipinski definition) is 5. The molecule has 5 rings (SSSR count). The number of anilines is 1. The highest BCUT2D eigenvalue weighted by Gasteiger charge is 2.31. The molecule has 1 saturated heterocycles. The first-order valence-corrected chi connectivity index (χ1v) is 9.93. The molecule has 2 fully saturated rings. The molecule has 2 aliphatic heterocycles. The number of morpholine rings is 1. The van der Waals surface area contributed by atoms with Gasteiger partial charge in [0.15, 0.2) is 0 Å². The van der Waals surface area contributed by atoms with E-state index < -0.39 is 0 Å². The van der Waals surface area contributed by atoms with Gasteiger partial charge in [-0.05, 0) is 37.0 Å². The van der Waals surface area contributed by atoms with Crippen LogP contribution in [0.5, 0.6) is 0 Å². The van der Waals surface area contributed by atoms with Crippen LogP contribution in [0.2, 0.25) is 0 Å². The van der Waals surface area contributed by atoms with Crippen molar-refractivity contribution in [3.05, 3.63) is 40.8 Å². The zero-order valence-corrected chi connectivity index (χ0v) is 15.5. The summed E-state index contributed by atoms with van der Waals surface area (Å²) in [6, 6.07) is 3.86. The number of amides is 1. The molecule has 1 saturated carbocycles. The van der Waals surface area contributed by atoms with E-state index in [0.717, 1.165) is 58.1 Å². The number of aromatic amines is 1. The second-order valence-electron chi connectivity index (χ2n) is 7.64. The molecule has 2 aromatic rings. The average molecular weight is 367 g/mol. The Balaban J connectivity index is 1.27. The van der Waals surface area contributed by atoms with Crippen molar-refractivity contribution in [2.75, 3.05) is 44.3 Å². The smallest absolute Gasteiger partial charge is 0.255 e. The number of carbonyl (C=O) groups excluding carboxylic acids is 1. The van der Waals surface area contributed by atoms with E-state index >= 15 is 0 Å². The lowest BCUT2D eigenvalue weighted by molar-refractivity contribution is 0.0762. The molecule has 0 unspecified atom stereocenters. The van der Waals surface area contributed by atoms with Gasteiger partial charge in [-0.15, -0.1) is 0 Å². The van der Waals surface area contributed by atoms with Crippen molar-refractivity contribution in [3.8, 4) is 0 Å². The molecular formula is C20H25N5O2. The maximum atomic E-state index is 13.0. The van der Waals surface area contributed by atoms with Gasteiger partial charge in [0.2, 0.25) is 0 Å². The summed E-state index contributed by atoms with van der Waals surface area (Å²) in [6.45, 7) is 4.63. The van der Waals surface area contributed by atoms with Crippen molar-refractivity contribution in [2.45, 2.75) is 31.6 Å². The molecular weight excluding hydrogens is 342 g/mol. The molecule has 0 atom stereocenters. The number of H-pyrrole nitrogens is 1. The van der Waals surface area contributed by atoms with Gasteiger partial charge in [-0.1, -0.05) is 0 Å². The van der Waals surface area contributed by atoms with Gasteiger partial charge < -0.3 is 14.5 Å². The first kappa shape index (κ1) is 16.7. The Labute approximate surface area is 158 Å². The van der Waals surface area contributed by atoms with Crippen molar-refractivity contribution >= 4 is 11.7 Å². The van der Waals surface area contributed by atoms with Gasteiger partial charge in [0.25, 0.3) is 5.91 Å². The first-order chi connectivity index (χ1) is 13.3. The maximum Gasteiger partial charge on any atom is 0.255 e. The lowest BCUT2D eigenvalue weighted by Gasteiger charge is -2.28. The lowest BCUT2D eigenvalue weighted by Crippen LogP contribution is -2.37. The number of hydrogen-bond donors (Lipinski definition) is 1. The van der Waals surface area contributed by atoms with E-state index in [-0.39, 0.29) is 5.91 Å². The number of aromatic nitrogens is 3. The minimum absolute atomic E-state index is 0.0714. The molecule has 1 amide bonds. The predicted octanol–water partition coefficient (Wildman–Crippen LogP) is 1.76. The Morgan fingerprint density at radius 3 is 2.67 bits per heavy atom. The standard InChI is InChI=1S/C20H25N5O2/c26-20(15-3-4-18(21-13-15)24-9-11-27-12-10-24)25-7-5-16-17(6-8-25)22-23-19(16)14-1-2-14/h3-4,13-14H,1-2,5-12H2,(H,22,23).